The van der Waals surface area contributed by atoms with Crippen molar-refractivity contribution < 1.29 is 4.79 Å². The Bertz CT molecular complexity index is 1020. The average Bonchev–Trinajstić information content (AvgIpc) is 3.18. The minimum absolute atomic E-state index is 0.0301. The largest absolute Gasteiger partial charge is 0.355 e. The fraction of sp³-hybridized carbons (Fsp3) is 0.429. The Morgan fingerprint density at radius 2 is 1.93 bits per heavy atom. The second kappa shape index (κ2) is 9.39. The standard InChI is InChI=1S/C21H27BrN4O2/c1-3-24(4-2)14-11-23-20(27)8-6-13-26-19-15-16(22)9-10-17(19)25-12-5-7-18(25)21(26)28/h5,7,9-10,12,15H,3-4,6,8,11,13-14H2,1-2H3,(H,23,27). The quantitative estimate of drug-likeness (QED) is 0.548. The minimum Gasteiger partial charge on any atom is -0.355 e. The predicted molar refractivity (Wildman–Crippen MR) is 117 cm³/mol. The number of carbonyl (C=O) groups excluding carboxylic acids is 1. The van der Waals surface area contributed by atoms with E-state index in [4.69, 9.17) is 0 Å². The van der Waals surface area contributed by atoms with Gasteiger partial charge in [0.15, 0.2) is 0 Å². The molecule has 7 heteroatoms. The van der Waals surface area contributed by atoms with Crippen LogP contribution in [0.4, 0.5) is 0 Å². The van der Waals surface area contributed by atoms with Crippen LogP contribution in [0.1, 0.15) is 26.7 Å². The molecule has 3 rings (SSSR count). The molecule has 1 N–H and O–H groups in total. The highest BCUT2D eigenvalue weighted by Gasteiger charge is 2.11. The Morgan fingerprint density at radius 1 is 1.14 bits per heavy atom. The summed E-state index contributed by atoms with van der Waals surface area (Å²) in [4.78, 5) is 27.3. The zero-order valence-electron chi connectivity index (χ0n) is 16.4. The molecule has 1 amide bonds. The summed E-state index contributed by atoms with van der Waals surface area (Å²) in [5.41, 5.74) is 2.47. The number of nitrogens with one attached hydrogen (secondary N) is 1. The van der Waals surface area contributed by atoms with E-state index in [1.165, 1.54) is 0 Å². The van der Waals surface area contributed by atoms with E-state index >= 15 is 0 Å². The number of aryl methyl sites for hydroxylation is 1. The molecule has 0 atom stereocenters. The number of benzene rings is 1. The normalized spacial score (nSPS) is 11.6. The molecule has 0 aliphatic rings. The first-order chi connectivity index (χ1) is 13.5. The fourth-order valence-electron chi connectivity index (χ4n) is 3.53. The van der Waals surface area contributed by atoms with E-state index in [2.05, 4.69) is 40.0 Å². The Morgan fingerprint density at radius 3 is 2.68 bits per heavy atom. The van der Waals surface area contributed by atoms with E-state index in [1.807, 2.05) is 40.9 Å². The Kier molecular flexibility index (Phi) is 6.91. The van der Waals surface area contributed by atoms with Crippen LogP contribution in [0, 0.1) is 0 Å². The lowest BCUT2D eigenvalue weighted by atomic mass is 10.2. The minimum atomic E-state index is -0.0301. The lowest BCUT2D eigenvalue weighted by molar-refractivity contribution is -0.121. The zero-order valence-corrected chi connectivity index (χ0v) is 18.0. The molecular formula is C21H27BrN4O2. The van der Waals surface area contributed by atoms with Crippen molar-refractivity contribution in [2.45, 2.75) is 33.2 Å². The van der Waals surface area contributed by atoms with E-state index in [-0.39, 0.29) is 11.5 Å². The lowest BCUT2D eigenvalue weighted by Gasteiger charge is -2.18. The molecule has 0 radical (unpaired) electrons. The van der Waals surface area contributed by atoms with E-state index in [0.29, 0.717) is 31.4 Å². The van der Waals surface area contributed by atoms with Crippen molar-refractivity contribution in [2.75, 3.05) is 26.2 Å². The molecule has 0 bridgehead atoms. The average molecular weight is 447 g/mol. The van der Waals surface area contributed by atoms with Gasteiger partial charge in [-0.25, -0.2) is 0 Å². The number of amides is 1. The van der Waals surface area contributed by atoms with Gasteiger partial charge in [-0.15, -0.1) is 0 Å². The molecule has 0 unspecified atom stereocenters. The van der Waals surface area contributed by atoms with Gasteiger partial charge in [-0.2, -0.15) is 0 Å². The van der Waals surface area contributed by atoms with Gasteiger partial charge in [0.25, 0.3) is 5.56 Å². The van der Waals surface area contributed by atoms with Gasteiger partial charge >= 0.3 is 0 Å². The summed E-state index contributed by atoms with van der Waals surface area (Å²) in [6, 6.07) is 9.65. The molecule has 0 aliphatic heterocycles. The van der Waals surface area contributed by atoms with Crippen molar-refractivity contribution in [1.82, 2.24) is 19.2 Å². The molecule has 0 saturated carbocycles. The van der Waals surface area contributed by atoms with E-state index in [0.717, 1.165) is 35.1 Å². The van der Waals surface area contributed by atoms with Gasteiger partial charge < -0.3 is 19.2 Å². The van der Waals surface area contributed by atoms with Crippen LogP contribution in [0.15, 0.2) is 45.8 Å². The van der Waals surface area contributed by atoms with Crippen molar-refractivity contribution in [3.63, 3.8) is 0 Å². The van der Waals surface area contributed by atoms with Gasteiger partial charge in [0, 0.05) is 36.7 Å². The van der Waals surface area contributed by atoms with Crippen molar-refractivity contribution >= 4 is 38.4 Å². The second-order valence-corrected chi connectivity index (χ2v) is 7.75. The number of aromatic nitrogens is 2. The number of fused-ring (bicyclic) bond motifs is 3. The summed E-state index contributed by atoms with van der Waals surface area (Å²) in [6.07, 6.45) is 2.93. The number of hydrogen-bond acceptors (Lipinski definition) is 3. The topological polar surface area (TPSA) is 58.8 Å². The third-order valence-electron chi connectivity index (χ3n) is 5.13. The van der Waals surface area contributed by atoms with Crippen molar-refractivity contribution in [2.24, 2.45) is 0 Å². The molecule has 0 spiro atoms. The Labute approximate surface area is 173 Å². The number of halogens is 1. The Hall–Kier alpha value is -2.12. The number of nitrogens with zero attached hydrogens (tertiary/aromatic N) is 3. The summed E-state index contributed by atoms with van der Waals surface area (Å²) < 4.78 is 4.62. The SMILES string of the molecule is CCN(CC)CCNC(=O)CCCn1c(=O)c2cccn2c2ccc(Br)cc21. The highest BCUT2D eigenvalue weighted by molar-refractivity contribution is 9.10. The third-order valence-corrected chi connectivity index (χ3v) is 5.62. The van der Waals surface area contributed by atoms with Gasteiger partial charge in [0.1, 0.15) is 5.52 Å². The highest BCUT2D eigenvalue weighted by Crippen LogP contribution is 2.20. The monoisotopic (exact) mass is 446 g/mol. The summed E-state index contributed by atoms with van der Waals surface area (Å²) in [6.45, 7) is 8.24. The van der Waals surface area contributed by atoms with Crippen LogP contribution in [0.2, 0.25) is 0 Å². The molecule has 6 nitrogen and oxygen atoms in total. The van der Waals surface area contributed by atoms with Crippen molar-refractivity contribution in [3.05, 3.63) is 51.4 Å². The summed E-state index contributed by atoms with van der Waals surface area (Å²) in [5.74, 6) is 0.0365. The van der Waals surface area contributed by atoms with E-state index < -0.39 is 0 Å². The summed E-state index contributed by atoms with van der Waals surface area (Å²) in [7, 11) is 0. The van der Waals surface area contributed by atoms with Crippen LogP contribution in [-0.4, -0.2) is 46.0 Å². The summed E-state index contributed by atoms with van der Waals surface area (Å²) in [5, 5.41) is 2.97. The van der Waals surface area contributed by atoms with Crippen molar-refractivity contribution in [1.29, 1.82) is 0 Å². The number of likely N-dealkylation sites (N-methyl/N-ethyl adjacent to an activating group) is 1. The molecular weight excluding hydrogens is 420 g/mol. The molecule has 2 aromatic heterocycles. The molecule has 0 aliphatic carbocycles. The van der Waals surface area contributed by atoms with Gasteiger partial charge in [0.05, 0.1) is 11.0 Å². The summed E-state index contributed by atoms with van der Waals surface area (Å²) >= 11 is 3.50. The first-order valence-corrected chi connectivity index (χ1v) is 10.6. The number of rotatable bonds is 9. The maximum absolute atomic E-state index is 12.9. The molecule has 3 aromatic rings. The van der Waals surface area contributed by atoms with Crippen LogP contribution in [0.3, 0.4) is 0 Å². The maximum atomic E-state index is 12.9. The molecule has 2 heterocycles. The lowest BCUT2D eigenvalue weighted by Crippen LogP contribution is -2.34. The molecule has 0 saturated heterocycles. The fourth-order valence-corrected chi connectivity index (χ4v) is 3.88. The van der Waals surface area contributed by atoms with Crippen LogP contribution in [0.5, 0.6) is 0 Å². The van der Waals surface area contributed by atoms with Crippen LogP contribution in [0.25, 0.3) is 16.6 Å². The molecule has 1 aromatic carbocycles. The smallest absolute Gasteiger partial charge is 0.275 e. The van der Waals surface area contributed by atoms with Crippen molar-refractivity contribution in [3.8, 4) is 0 Å². The second-order valence-electron chi connectivity index (χ2n) is 6.83. The number of carbonyl (C=O) groups is 1. The van der Waals surface area contributed by atoms with E-state index in [9.17, 15) is 9.59 Å². The van der Waals surface area contributed by atoms with Gasteiger partial charge in [-0.1, -0.05) is 29.8 Å². The molecule has 150 valence electrons. The third kappa shape index (κ3) is 4.47. The first-order valence-electron chi connectivity index (χ1n) is 9.83. The molecule has 28 heavy (non-hydrogen) atoms. The van der Waals surface area contributed by atoms with Crippen LogP contribution < -0.4 is 10.9 Å². The highest BCUT2D eigenvalue weighted by atomic mass is 79.9. The van der Waals surface area contributed by atoms with Crippen LogP contribution in [-0.2, 0) is 11.3 Å². The predicted octanol–water partition coefficient (Wildman–Crippen LogP) is 3.25. The van der Waals surface area contributed by atoms with Gasteiger partial charge in [-0.05, 0) is 49.8 Å². The first kappa shape index (κ1) is 20.6. The van der Waals surface area contributed by atoms with Gasteiger partial charge in [0.2, 0.25) is 5.91 Å². The molecule has 0 fully saturated rings. The maximum Gasteiger partial charge on any atom is 0.275 e. The Balaban J connectivity index is 1.68. The van der Waals surface area contributed by atoms with Crippen LogP contribution >= 0.6 is 15.9 Å². The zero-order chi connectivity index (χ0) is 20.1. The van der Waals surface area contributed by atoms with E-state index in [1.54, 1.807) is 4.57 Å². The number of hydrogen-bond donors (Lipinski definition) is 1. The van der Waals surface area contributed by atoms with Gasteiger partial charge in [-0.3, -0.25) is 9.59 Å².